The van der Waals surface area contributed by atoms with Crippen molar-refractivity contribution >= 4 is 17.6 Å². The Morgan fingerprint density at radius 2 is 1.52 bits per heavy atom. The molecule has 0 radical (unpaired) electrons. The van der Waals surface area contributed by atoms with Gasteiger partial charge in [-0.2, -0.15) is 0 Å². The number of hydrogen-bond acceptors (Lipinski definition) is 2. The zero-order valence-electron chi connectivity index (χ0n) is 13.8. The van der Waals surface area contributed by atoms with Crippen molar-refractivity contribution in [1.29, 1.82) is 0 Å². The molecular weight excluding hydrogens is 328 g/mol. The average Bonchev–Trinajstić information content (AvgIpc) is 2.61. The molecule has 2 N–H and O–H groups in total. The molecule has 0 fully saturated rings. The molecule has 0 aliphatic rings. The molecule has 7 heteroatoms. The van der Waals surface area contributed by atoms with Crippen molar-refractivity contribution in [3.05, 3.63) is 65.7 Å². The number of nitrogens with one attached hydrogen (secondary N) is 2. The summed E-state index contributed by atoms with van der Waals surface area (Å²) in [4.78, 5) is 25.5. The lowest BCUT2D eigenvalue weighted by Crippen LogP contribution is -2.42. The molecule has 0 atom stereocenters. The Labute approximate surface area is 144 Å². The van der Waals surface area contributed by atoms with Crippen molar-refractivity contribution in [3.63, 3.8) is 0 Å². The molecular formula is C18H19F2N3O2. The van der Waals surface area contributed by atoms with E-state index in [4.69, 9.17) is 0 Å². The Balaban J connectivity index is 1.84. The number of halogens is 2. The minimum absolute atomic E-state index is 0.120. The van der Waals surface area contributed by atoms with Crippen molar-refractivity contribution in [2.45, 2.75) is 13.5 Å². The maximum atomic E-state index is 12.9. The third kappa shape index (κ3) is 5.87. The smallest absolute Gasteiger partial charge is 0.322 e. The highest BCUT2D eigenvalue weighted by atomic mass is 19.1. The number of rotatable bonds is 6. The van der Waals surface area contributed by atoms with Gasteiger partial charge in [0.15, 0.2) is 0 Å². The minimum Gasteiger partial charge on any atom is -0.350 e. The fourth-order valence-corrected chi connectivity index (χ4v) is 2.10. The lowest BCUT2D eigenvalue weighted by atomic mass is 10.2. The van der Waals surface area contributed by atoms with Gasteiger partial charge in [-0.15, -0.1) is 0 Å². The SMILES string of the molecule is CCN(CC(=O)NCc1ccc(F)cc1)C(=O)Nc1ccc(F)cc1. The predicted octanol–water partition coefficient (Wildman–Crippen LogP) is 3.14. The van der Waals surface area contributed by atoms with Crippen LogP contribution in [-0.2, 0) is 11.3 Å². The molecule has 2 aromatic carbocycles. The van der Waals surface area contributed by atoms with E-state index in [0.717, 1.165) is 5.56 Å². The number of nitrogens with zero attached hydrogens (tertiary/aromatic N) is 1. The highest BCUT2D eigenvalue weighted by molar-refractivity contribution is 5.92. The van der Waals surface area contributed by atoms with Gasteiger partial charge in [0.25, 0.3) is 0 Å². The number of hydrogen-bond donors (Lipinski definition) is 2. The quantitative estimate of drug-likeness (QED) is 0.843. The molecule has 132 valence electrons. The first kappa shape index (κ1) is 18.4. The molecule has 0 aliphatic carbocycles. The Morgan fingerprint density at radius 3 is 2.08 bits per heavy atom. The first-order valence-electron chi connectivity index (χ1n) is 7.80. The second-order valence-electron chi connectivity index (χ2n) is 5.35. The van der Waals surface area contributed by atoms with Gasteiger partial charge in [0.1, 0.15) is 18.2 Å². The van der Waals surface area contributed by atoms with E-state index < -0.39 is 11.8 Å². The minimum atomic E-state index is -0.453. The van der Waals surface area contributed by atoms with E-state index in [2.05, 4.69) is 10.6 Å². The van der Waals surface area contributed by atoms with E-state index in [9.17, 15) is 18.4 Å². The van der Waals surface area contributed by atoms with Gasteiger partial charge in [0.05, 0.1) is 0 Å². The van der Waals surface area contributed by atoms with E-state index in [1.165, 1.54) is 41.3 Å². The third-order valence-corrected chi connectivity index (χ3v) is 3.50. The Bertz CT molecular complexity index is 718. The van der Waals surface area contributed by atoms with Gasteiger partial charge in [-0.05, 0) is 48.9 Å². The fourth-order valence-electron chi connectivity index (χ4n) is 2.10. The number of amides is 3. The topological polar surface area (TPSA) is 61.4 Å². The van der Waals surface area contributed by atoms with Gasteiger partial charge in [0, 0.05) is 18.8 Å². The summed E-state index contributed by atoms with van der Waals surface area (Å²) in [7, 11) is 0. The molecule has 0 saturated heterocycles. The van der Waals surface area contributed by atoms with E-state index in [1.807, 2.05) is 0 Å². The number of benzene rings is 2. The number of urea groups is 1. The van der Waals surface area contributed by atoms with Crippen LogP contribution in [0.4, 0.5) is 19.3 Å². The van der Waals surface area contributed by atoms with Gasteiger partial charge in [0.2, 0.25) is 5.91 Å². The summed E-state index contributed by atoms with van der Waals surface area (Å²) in [6.07, 6.45) is 0. The number of carbonyl (C=O) groups excluding carboxylic acids is 2. The van der Waals surface area contributed by atoms with Crippen LogP contribution in [0.25, 0.3) is 0 Å². The van der Waals surface area contributed by atoms with Gasteiger partial charge < -0.3 is 15.5 Å². The van der Waals surface area contributed by atoms with Crippen molar-refractivity contribution in [2.75, 3.05) is 18.4 Å². The van der Waals surface area contributed by atoms with Crippen molar-refractivity contribution in [3.8, 4) is 0 Å². The van der Waals surface area contributed by atoms with Crippen molar-refractivity contribution in [2.24, 2.45) is 0 Å². The van der Waals surface area contributed by atoms with E-state index in [0.29, 0.717) is 12.2 Å². The van der Waals surface area contributed by atoms with Crippen LogP contribution in [0.2, 0.25) is 0 Å². The molecule has 3 amide bonds. The molecule has 0 bridgehead atoms. The highest BCUT2D eigenvalue weighted by Crippen LogP contribution is 2.09. The molecule has 5 nitrogen and oxygen atoms in total. The molecule has 0 aromatic heterocycles. The number of anilines is 1. The highest BCUT2D eigenvalue weighted by Gasteiger charge is 2.15. The summed E-state index contributed by atoms with van der Waals surface area (Å²) < 4.78 is 25.7. The van der Waals surface area contributed by atoms with Crippen LogP contribution < -0.4 is 10.6 Å². The monoisotopic (exact) mass is 347 g/mol. The lowest BCUT2D eigenvalue weighted by Gasteiger charge is -2.21. The molecule has 2 rings (SSSR count). The van der Waals surface area contributed by atoms with Crippen LogP contribution in [0.5, 0.6) is 0 Å². The van der Waals surface area contributed by atoms with Crippen LogP contribution in [0.3, 0.4) is 0 Å². The summed E-state index contributed by atoms with van der Waals surface area (Å²) in [5.74, 6) is -1.07. The maximum Gasteiger partial charge on any atom is 0.322 e. The summed E-state index contributed by atoms with van der Waals surface area (Å²) in [6, 6.07) is 10.7. The largest absolute Gasteiger partial charge is 0.350 e. The normalized spacial score (nSPS) is 10.2. The van der Waals surface area contributed by atoms with Crippen LogP contribution in [0, 0.1) is 11.6 Å². The Hall–Kier alpha value is -2.96. The molecule has 25 heavy (non-hydrogen) atoms. The Kier molecular flexibility index (Phi) is 6.45. The van der Waals surface area contributed by atoms with Crippen LogP contribution in [0.1, 0.15) is 12.5 Å². The van der Waals surface area contributed by atoms with E-state index in [-0.39, 0.29) is 24.8 Å². The second kappa shape index (κ2) is 8.77. The lowest BCUT2D eigenvalue weighted by molar-refractivity contribution is -0.121. The zero-order valence-corrected chi connectivity index (χ0v) is 13.8. The van der Waals surface area contributed by atoms with Crippen molar-refractivity contribution < 1.29 is 18.4 Å². The van der Waals surface area contributed by atoms with Crippen molar-refractivity contribution in [1.82, 2.24) is 10.2 Å². The van der Waals surface area contributed by atoms with Crippen LogP contribution >= 0.6 is 0 Å². The summed E-state index contributed by atoms with van der Waals surface area (Å²) in [6.45, 7) is 2.20. The maximum absolute atomic E-state index is 12.9. The number of likely N-dealkylation sites (N-methyl/N-ethyl adjacent to an activating group) is 1. The van der Waals surface area contributed by atoms with Gasteiger partial charge in [-0.1, -0.05) is 12.1 Å². The van der Waals surface area contributed by atoms with Crippen LogP contribution in [-0.4, -0.2) is 29.9 Å². The average molecular weight is 347 g/mol. The van der Waals surface area contributed by atoms with E-state index in [1.54, 1.807) is 19.1 Å². The summed E-state index contributed by atoms with van der Waals surface area (Å²) in [5, 5.41) is 5.28. The van der Waals surface area contributed by atoms with Gasteiger partial charge in [-0.25, -0.2) is 13.6 Å². The van der Waals surface area contributed by atoms with E-state index >= 15 is 0 Å². The first-order valence-corrected chi connectivity index (χ1v) is 7.80. The molecule has 0 unspecified atom stereocenters. The third-order valence-electron chi connectivity index (χ3n) is 3.50. The molecule has 2 aromatic rings. The number of carbonyl (C=O) groups is 2. The molecule has 0 saturated carbocycles. The standard InChI is InChI=1S/C18H19F2N3O2/c1-2-23(18(25)22-16-9-7-15(20)8-10-16)12-17(24)21-11-13-3-5-14(19)6-4-13/h3-10H,2,11-12H2,1H3,(H,21,24)(H,22,25). The summed E-state index contributed by atoms with van der Waals surface area (Å²) in [5.41, 5.74) is 1.20. The van der Waals surface area contributed by atoms with Gasteiger partial charge >= 0.3 is 6.03 Å². The molecule has 0 heterocycles. The Morgan fingerprint density at radius 1 is 0.960 bits per heavy atom. The van der Waals surface area contributed by atoms with Gasteiger partial charge in [-0.3, -0.25) is 4.79 Å². The fraction of sp³-hybridized carbons (Fsp3) is 0.222. The summed E-state index contributed by atoms with van der Waals surface area (Å²) >= 11 is 0. The molecule has 0 spiro atoms. The predicted molar refractivity (Wildman–Crippen MR) is 90.9 cm³/mol. The zero-order chi connectivity index (χ0) is 18.2. The first-order chi connectivity index (χ1) is 12.0. The second-order valence-corrected chi connectivity index (χ2v) is 5.35. The van der Waals surface area contributed by atoms with Crippen LogP contribution in [0.15, 0.2) is 48.5 Å². The molecule has 0 aliphatic heterocycles.